The van der Waals surface area contributed by atoms with E-state index in [0.717, 1.165) is 22.1 Å². The van der Waals surface area contributed by atoms with Gasteiger partial charge in [0.1, 0.15) is 15.8 Å². The molecule has 1 aromatic carbocycles. The molecule has 0 aliphatic rings. The molecule has 25 heavy (non-hydrogen) atoms. The fourth-order valence-corrected chi connectivity index (χ4v) is 2.68. The lowest BCUT2D eigenvalue weighted by Gasteiger charge is -2.15. The number of aromatic nitrogens is 2. The van der Waals surface area contributed by atoms with Crippen molar-refractivity contribution in [2.45, 2.75) is 26.4 Å². The fraction of sp³-hybridized carbons (Fsp3) is 0.400. The van der Waals surface area contributed by atoms with Crippen LogP contribution in [0.4, 0.5) is 23.7 Å². The zero-order valence-electron chi connectivity index (χ0n) is 13.6. The number of anilines is 1. The highest BCUT2D eigenvalue weighted by Crippen LogP contribution is 2.35. The van der Waals surface area contributed by atoms with Crippen LogP contribution in [0.2, 0.25) is 0 Å². The largest absolute Gasteiger partial charge is 0.492 e. The van der Waals surface area contributed by atoms with E-state index in [0.29, 0.717) is 6.42 Å². The van der Waals surface area contributed by atoms with Gasteiger partial charge in [0.2, 0.25) is 0 Å². The molecule has 2 N–H and O–H groups in total. The number of carbonyl (C=O) groups excluding carboxylic acids is 1. The van der Waals surface area contributed by atoms with Crippen LogP contribution in [0.3, 0.4) is 0 Å². The molecule has 0 saturated carbocycles. The fourth-order valence-electron chi connectivity index (χ4n) is 1.97. The molecule has 136 valence electrons. The third-order valence-corrected chi connectivity index (χ3v) is 3.95. The van der Waals surface area contributed by atoms with Crippen LogP contribution in [-0.4, -0.2) is 29.4 Å². The summed E-state index contributed by atoms with van der Waals surface area (Å²) in [6, 6.07) is 2.32. The van der Waals surface area contributed by atoms with Gasteiger partial charge in [-0.2, -0.15) is 13.2 Å². The van der Waals surface area contributed by atoms with Crippen molar-refractivity contribution >= 4 is 23.1 Å². The molecule has 2 amide bonds. The minimum atomic E-state index is -4.51. The quantitative estimate of drug-likeness (QED) is 0.810. The van der Waals surface area contributed by atoms with Crippen molar-refractivity contribution in [1.29, 1.82) is 0 Å². The Balaban J connectivity index is 1.99. The zero-order valence-corrected chi connectivity index (χ0v) is 14.4. The summed E-state index contributed by atoms with van der Waals surface area (Å²) in [6.07, 6.45) is -4.02. The number of hydrogen-bond acceptors (Lipinski definition) is 5. The van der Waals surface area contributed by atoms with Gasteiger partial charge in [-0.25, -0.2) is 4.79 Å². The zero-order chi connectivity index (χ0) is 18.4. The minimum Gasteiger partial charge on any atom is -0.492 e. The van der Waals surface area contributed by atoms with E-state index in [-0.39, 0.29) is 24.6 Å². The van der Waals surface area contributed by atoms with E-state index in [1.807, 2.05) is 6.92 Å². The first-order valence-corrected chi connectivity index (χ1v) is 8.29. The molecule has 2 rings (SSSR count). The van der Waals surface area contributed by atoms with Gasteiger partial charge in [0.15, 0.2) is 0 Å². The molecule has 0 fully saturated rings. The van der Waals surface area contributed by atoms with E-state index in [9.17, 15) is 18.0 Å². The van der Waals surface area contributed by atoms with E-state index in [1.165, 1.54) is 17.4 Å². The Bertz CT molecular complexity index is 734. The number of urea groups is 1. The molecule has 0 radical (unpaired) electrons. The summed E-state index contributed by atoms with van der Waals surface area (Å²) < 4.78 is 43.8. The Morgan fingerprint density at radius 2 is 2.08 bits per heavy atom. The maximum atomic E-state index is 12.8. The molecular formula is C15H17F3N4O2S. The molecule has 0 aliphatic carbocycles. The number of ether oxygens (including phenoxy) is 1. The first kappa shape index (κ1) is 19.0. The minimum absolute atomic E-state index is 0.0408. The SMILES string of the molecule is CCOc1ccc(C(F)(F)F)cc1NC(=O)NCCc1nnc(C)s1. The number of nitrogens with zero attached hydrogens (tertiary/aromatic N) is 2. The smallest absolute Gasteiger partial charge is 0.416 e. The lowest BCUT2D eigenvalue weighted by atomic mass is 10.2. The molecule has 1 heterocycles. The molecule has 0 atom stereocenters. The van der Waals surface area contributed by atoms with Crippen molar-refractivity contribution in [1.82, 2.24) is 15.5 Å². The molecule has 0 aliphatic heterocycles. The molecule has 0 spiro atoms. The lowest BCUT2D eigenvalue weighted by Crippen LogP contribution is -2.30. The number of aryl methyl sites for hydroxylation is 1. The van der Waals surface area contributed by atoms with Crippen LogP contribution < -0.4 is 15.4 Å². The van der Waals surface area contributed by atoms with Gasteiger partial charge in [0.25, 0.3) is 0 Å². The molecule has 6 nitrogen and oxygen atoms in total. The molecule has 0 saturated heterocycles. The van der Waals surface area contributed by atoms with Gasteiger partial charge in [0.05, 0.1) is 17.9 Å². The van der Waals surface area contributed by atoms with Crippen LogP contribution in [0.1, 0.15) is 22.5 Å². The predicted molar refractivity (Wildman–Crippen MR) is 88.0 cm³/mol. The Kier molecular flexibility index (Phi) is 6.18. The summed E-state index contributed by atoms with van der Waals surface area (Å²) in [5.74, 6) is 0.172. The normalized spacial score (nSPS) is 11.2. The summed E-state index contributed by atoms with van der Waals surface area (Å²) in [5.41, 5.74) is -0.906. The number of amides is 2. The third kappa shape index (κ3) is 5.59. The predicted octanol–water partition coefficient (Wildman–Crippen LogP) is 3.63. The molecule has 2 aromatic rings. The van der Waals surface area contributed by atoms with Crippen LogP contribution in [0, 0.1) is 6.92 Å². The van der Waals surface area contributed by atoms with Crippen LogP contribution >= 0.6 is 11.3 Å². The standard InChI is InChI=1S/C15H17F3N4O2S/c1-3-24-12-5-4-10(15(16,17)18)8-11(12)20-14(23)19-7-6-13-22-21-9(2)25-13/h4-5,8H,3,6-7H2,1-2H3,(H2,19,20,23). The van der Waals surface area contributed by atoms with Crippen molar-refractivity contribution in [3.63, 3.8) is 0 Å². The van der Waals surface area contributed by atoms with E-state index in [2.05, 4.69) is 20.8 Å². The topological polar surface area (TPSA) is 76.1 Å². The maximum absolute atomic E-state index is 12.8. The van der Waals surface area contributed by atoms with E-state index in [1.54, 1.807) is 6.92 Å². The van der Waals surface area contributed by atoms with Crippen LogP contribution in [0.15, 0.2) is 18.2 Å². The van der Waals surface area contributed by atoms with Crippen molar-refractivity contribution in [3.05, 3.63) is 33.8 Å². The van der Waals surface area contributed by atoms with E-state index < -0.39 is 17.8 Å². The van der Waals surface area contributed by atoms with E-state index in [4.69, 9.17) is 4.74 Å². The van der Waals surface area contributed by atoms with Crippen LogP contribution in [-0.2, 0) is 12.6 Å². The number of rotatable bonds is 6. The van der Waals surface area contributed by atoms with Gasteiger partial charge < -0.3 is 15.4 Å². The first-order valence-electron chi connectivity index (χ1n) is 7.47. The first-order chi connectivity index (χ1) is 11.8. The highest BCUT2D eigenvalue weighted by atomic mass is 32.1. The molecule has 1 aromatic heterocycles. The number of halogens is 3. The van der Waals surface area contributed by atoms with Crippen molar-refractivity contribution < 1.29 is 22.7 Å². The van der Waals surface area contributed by atoms with Gasteiger partial charge in [-0.1, -0.05) is 0 Å². The molecule has 10 heteroatoms. The second-order valence-corrected chi connectivity index (χ2v) is 6.25. The van der Waals surface area contributed by atoms with Crippen molar-refractivity contribution in [3.8, 4) is 5.75 Å². The monoisotopic (exact) mass is 374 g/mol. The van der Waals surface area contributed by atoms with Gasteiger partial charge in [0, 0.05) is 13.0 Å². The van der Waals surface area contributed by atoms with Crippen LogP contribution in [0.25, 0.3) is 0 Å². The summed E-state index contributed by atoms with van der Waals surface area (Å²) in [4.78, 5) is 11.9. The summed E-state index contributed by atoms with van der Waals surface area (Å²) in [5, 5.41) is 14.3. The van der Waals surface area contributed by atoms with Gasteiger partial charge in [-0.15, -0.1) is 21.5 Å². The average molecular weight is 374 g/mol. The van der Waals surface area contributed by atoms with E-state index >= 15 is 0 Å². The lowest BCUT2D eigenvalue weighted by molar-refractivity contribution is -0.137. The summed E-state index contributed by atoms with van der Waals surface area (Å²) >= 11 is 1.42. The Morgan fingerprint density at radius 3 is 2.68 bits per heavy atom. The number of hydrogen-bond donors (Lipinski definition) is 2. The number of benzene rings is 1. The highest BCUT2D eigenvalue weighted by Gasteiger charge is 2.31. The molecule has 0 bridgehead atoms. The Labute approximate surface area is 146 Å². The molecular weight excluding hydrogens is 357 g/mol. The number of carbonyl (C=O) groups is 1. The third-order valence-electron chi connectivity index (χ3n) is 3.05. The second-order valence-electron chi connectivity index (χ2n) is 4.99. The molecule has 0 unspecified atom stereocenters. The average Bonchev–Trinajstić information content (AvgIpc) is 2.93. The highest BCUT2D eigenvalue weighted by molar-refractivity contribution is 7.11. The maximum Gasteiger partial charge on any atom is 0.416 e. The van der Waals surface area contributed by atoms with Gasteiger partial charge in [-0.3, -0.25) is 0 Å². The summed E-state index contributed by atoms with van der Waals surface area (Å²) in [6.45, 7) is 4.07. The van der Waals surface area contributed by atoms with Crippen molar-refractivity contribution in [2.24, 2.45) is 0 Å². The Morgan fingerprint density at radius 1 is 1.32 bits per heavy atom. The van der Waals surface area contributed by atoms with Gasteiger partial charge in [-0.05, 0) is 32.0 Å². The Hall–Kier alpha value is -2.36. The number of nitrogens with one attached hydrogen (secondary N) is 2. The van der Waals surface area contributed by atoms with Crippen molar-refractivity contribution in [2.75, 3.05) is 18.5 Å². The second kappa shape index (κ2) is 8.15. The summed E-state index contributed by atoms with van der Waals surface area (Å²) in [7, 11) is 0. The van der Waals surface area contributed by atoms with Crippen LogP contribution in [0.5, 0.6) is 5.75 Å². The van der Waals surface area contributed by atoms with Gasteiger partial charge >= 0.3 is 12.2 Å². The number of alkyl halides is 3.